The Bertz CT molecular complexity index is 1040. The number of anilines is 3. The quantitative estimate of drug-likeness (QED) is 0.582. The number of ether oxygens (including phenoxy) is 1. The molecule has 0 atom stereocenters. The number of morpholine rings is 1. The van der Waals surface area contributed by atoms with Crippen molar-refractivity contribution in [1.82, 2.24) is 14.6 Å². The van der Waals surface area contributed by atoms with Crippen molar-refractivity contribution < 1.29 is 4.74 Å². The third-order valence-electron chi connectivity index (χ3n) is 4.72. The molecule has 5 rings (SSSR count). The number of benzene rings is 1. The number of hydrogen-bond donors (Lipinski definition) is 1. The molecule has 0 radical (unpaired) electrons. The Balaban J connectivity index is 1.38. The van der Waals surface area contributed by atoms with Crippen LogP contribution in [0.25, 0.3) is 16.8 Å². The zero-order valence-corrected chi connectivity index (χ0v) is 15.5. The molecule has 1 aromatic carbocycles. The molecule has 0 aliphatic carbocycles. The summed E-state index contributed by atoms with van der Waals surface area (Å²) in [5.74, 6) is 0.804. The molecule has 0 unspecified atom stereocenters. The van der Waals surface area contributed by atoms with Crippen LogP contribution in [0.2, 0.25) is 0 Å². The second kappa shape index (κ2) is 7.02. The summed E-state index contributed by atoms with van der Waals surface area (Å²) >= 11 is 1.67. The summed E-state index contributed by atoms with van der Waals surface area (Å²) in [6, 6.07) is 12.5. The topological polar surface area (TPSA) is 54.7 Å². The van der Waals surface area contributed by atoms with Gasteiger partial charge in [0.2, 0.25) is 0 Å². The van der Waals surface area contributed by atoms with E-state index in [1.165, 1.54) is 5.69 Å². The minimum Gasteiger partial charge on any atom is -0.378 e. The number of thiophene rings is 1. The van der Waals surface area contributed by atoms with Gasteiger partial charge in [0.15, 0.2) is 5.65 Å². The Morgan fingerprint density at radius 2 is 1.89 bits per heavy atom. The van der Waals surface area contributed by atoms with Gasteiger partial charge in [0.1, 0.15) is 5.82 Å². The molecule has 6 nitrogen and oxygen atoms in total. The van der Waals surface area contributed by atoms with Gasteiger partial charge in [-0.3, -0.25) is 0 Å². The van der Waals surface area contributed by atoms with Gasteiger partial charge in [-0.05, 0) is 52.7 Å². The van der Waals surface area contributed by atoms with Crippen molar-refractivity contribution >= 4 is 34.2 Å². The molecule has 0 bridgehead atoms. The normalized spacial score (nSPS) is 14.6. The molecule has 1 fully saturated rings. The number of nitrogens with zero attached hydrogens (tertiary/aromatic N) is 4. The van der Waals surface area contributed by atoms with E-state index in [1.54, 1.807) is 15.9 Å². The first-order chi connectivity index (χ1) is 13.4. The molecular weight excluding hydrogens is 358 g/mol. The fraction of sp³-hybridized carbons (Fsp3) is 0.200. The molecule has 0 saturated carbocycles. The third-order valence-corrected chi connectivity index (χ3v) is 5.40. The maximum Gasteiger partial charge on any atom is 0.165 e. The van der Waals surface area contributed by atoms with E-state index in [2.05, 4.69) is 56.4 Å². The molecule has 4 aromatic rings. The number of hydrogen-bond acceptors (Lipinski definition) is 6. The van der Waals surface area contributed by atoms with Crippen LogP contribution in [0.3, 0.4) is 0 Å². The van der Waals surface area contributed by atoms with E-state index in [0.29, 0.717) is 0 Å². The number of nitrogens with one attached hydrogen (secondary N) is 1. The number of rotatable bonds is 4. The highest BCUT2D eigenvalue weighted by Crippen LogP contribution is 2.27. The third kappa shape index (κ3) is 3.27. The summed E-state index contributed by atoms with van der Waals surface area (Å²) in [7, 11) is 0. The smallest absolute Gasteiger partial charge is 0.165 e. The second-order valence-electron chi connectivity index (χ2n) is 6.42. The molecular formula is C20H19N5OS. The van der Waals surface area contributed by atoms with Gasteiger partial charge < -0.3 is 15.0 Å². The summed E-state index contributed by atoms with van der Waals surface area (Å²) < 4.78 is 7.23. The average Bonchev–Trinajstić information content (AvgIpc) is 3.38. The van der Waals surface area contributed by atoms with Crippen LogP contribution in [0.1, 0.15) is 0 Å². The lowest BCUT2D eigenvalue weighted by Gasteiger charge is -2.28. The van der Waals surface area contributed by atoms with E-state index >= 15 is 0 Å². The Morgan fingerprint density at radius 1 is 1.04 bits per heavy atom. The molecule has 1 saturated heterocycles. The molecule has 0 spiro atoms. The van der Waals surface area contributed by atoms with Crippen molar-refractivity contribution in [1.29, 1.82) is 0 Å². The first-order valence-corrected chi connectivity index (χ1v) is 9.88. The van der Waals surface area contributed by atoms with Crippen LogP contribution >= 0.6 is 11.3 Å². The summed E-state index contributed by atoms with van der Waals surface area (Å²) in [6.45, 7) is 3.47. The summed E-state index contributed by atoms with van der Waals surface area (Å²) in [6.07, 6.45) is 3.80. The monoisotopic (exact) mass is 377 g/mol. The summed E-state index contributed by atoms with van der Waals surface area (Å²) in [5.41, 5.74) is 5.28. The maximum absolute atomic E-state index is 5.42. The molecule has 7 heteroatoms. The second-order valence-corrected chi connectivity index (χ2v) is 7.20. The molecule has 1 aliphatic rings. The van der Waals surface area contributed by atoms with Gasteiger partial charge in [0.05, 0.1) is 19.4 Å². The minimum absolute atomic E-state index is 0.793. The Kier molecular flexibility index (Phi) is 4.23. The lowest BCUT2D eigenvalue weighted by atomic mass is 10.2. The average molecular weight is 377 g/mol. The van der Waals surface area contributed by atoms with Crippen molar-refractivity contribution in [3.8, 4) is 11.1 Å². The van der Waals surface area contributed by atoms with Crippen LogP contribution in [0.5, 0.6) is 0 Å². The van der Waals surface area contributed by atoms with Crippen LogP contribution in [0.15, 0.2) is 59.6 Å². The molecule has 0 amide bonds. The highest BCUT2D eigenvalue weighted by Gasteiger charge is 2.12. The Labute approximate surface area is 161 Å². The van der Waals surface area contributed by atoms with Gasteiger partial charge in [-0.2, -0.15) is 16.4 Å². The summed E-state index contributed by atoms with van der Waals surface area (Å²) in [5, 5.41) is 12.0. The van der Waals surface area contributed by atoms with Crippen LogP contribution in [-0.4, -0.2) is 40.9 Å². The Hall–Kier alpha value is -2.90. The van der Waals surface area contributed by atoms with E-state index in [1.807, 2.05) is 18.5 Å². The van der Waals surface area contributed by atoms with Gasteiger partial charge in [-0.25, -0.2) is 9.50 Å². The predicted octanol–water partition coefficient (Wildman–Crippen LogP) is 4.04. The molecule has 136 valence electrons. The van der Waals surface area contributed by atoms with Crippen LogP contribution in [-0.2, 0) is 4.74 Å². The largest absolute Gasteiger partial charge is 0.378 e. The van der Waals surface area contributed by atoms with Gasteiger partial charge in [-0.15, -0.1) is 0 Å². The maximum atomic E-state index is 5.42. The van der Waals surface area contributed by atoms with Crippen molar-refractivity contribution in [3.63, 3.8) is 0 Å². The van der Waals surface area contributed by atoms with E-state index in [-0.39, 0.29) is 0 Å². The summed E-state index contributed by atoms with van der Waals surface area (Å²) in [4.78, 5) is 7.11. The lowest BCUT2D eigenvalue weighted by molar-refractivity contribution is 0.122. The number of aromatic nitrogens is 3. The van der Waals surface area contributed by atoms with E-state index < -0.39 is 0 Å². The van der Waals surface area contributed by atoms with Crippen molar-refractivity contribution in [2.45, 2.75) is 0 Å². The van der Waals surface area contributed by atoms with Crippen molar-refractivity contribution in [2.75, 3.05) is 36.5 Å². The standard InChI is InChI=1S/C20H19N5OS/c1-3-17(24-8-10-26-11-9-24)4-2-16(1)22-19-5-7-25-20(23-19)18(13-21-25)15-6-12-27-14-15/h1-7,12-14H,8-11H2,(H,22,23). The highest BCUT2D eigenvalue weighted by atomic mass is 32.1. The minimum atomic E-state index is 0.793. The van der Waals surface area contributed by atoms with E-state index in [4.69, 9.17) is 9.72 Å². The SMILES string of the molecule is c1cc(-c2cnn3ccc(Nc4ccc(N5CCOCC5)cc4)nc23)cs1. The predicted molar refractivity (Wildman–Crippen MR) is 109 cm³/mol. The van der Waals surface area contributed by atoms with Gasteiger partial charge >= 0.3 is 0 Å². The lowest BCUT2D eigenvalue weighted by Crippen LogP contribution is -2.36. The van der Waals surface area contributed by atoms with Crippen molar-refractivity contribution in [3.05, 3.63) is 59.6 Å². The van der Waals surface area contributed by atoms with Crippen LogP contribution in [0.4, 0.5) is 17.2 Å². The molecule has 3 aromatic heterocycles. The first kappa shape index (κ1) is 16.3. The fourth-order valence-corrected chi connectivity index (χ4v) is 3.94. The van der Waals surface area contributed by atoms with Gasteiger partial charge in [0, 0.05) is 36.2 Å². The van der Waals surface area contributed by atoms with Gasteiger partial charge in [-0.1, -0.05) is 0 Å². The van der Waals surface area contributed by atoms with Crippen LogP contribution < -0.4 is 10.2 Å². The molecule has 1 aliphatic heterocycles. The first-order valence-electron chi connectivity index (χ1n) is 8.93. The van der Waals surface area contributed by atoms with E-state index in [0.717, 1.165) is 54.6 Å². The van der Waals surface area contributed by atoms with Crippen LogP contribution in [0, 0.1) is 0 Å². The fourth-order valence-electron chi connectivity index (χ4n) is 3.28. The molecule has 4 heterocycles. The molecule has 1 N–H and O–H groups in total. The zero-order valence-electron chi connectivity index (χ0n) is 14.7. The van der Waals surface area contributed by atoms with E-state index in [9.17, 15) is 0 Å². The molecule has 27 heavy (non-hydrogen) atoms. The zero-order chi connectivity index (χ0) is 18.1. The highest BCUT2D eigenvalue weighted by molar-refractivity contribution is 7.08. The number of fused-ring (bicyclic) bond motifs is 1. The van der Waals surface area contributed by atoms with Gasteiger partial charge in [0.25, 0.3) is 0 Å². The van der Waals surface area contributed by atoms with Crippen molar-refractivity contribution in [2.24, 2.45) is 0 Å². The Morgan fingerprint density at radius 3 is 2.67 bits per heavy atom.